The van der Waals surface area contributed by atoms with Crippen LogP contribution in [0.3, 0.4) is 0 Å². The Kier molecular flexibility index (Phi) is 4.22. The first kappa shape index (κ1) is 13.3. The number of carbonyl (C=O) groups is 2. The number of hydrogen-bond acceptors (Lipinski definition) is 3. The maximum atomic E-state index is 12.4. The molecular weight excluding hydrogens is 232 g/mol. The highest BCUT2D eigenvalue weighted by Gasteiger charge is 2.36. The van der Waals surface area contributed by atoms with Crippen molar-refractivity contribution in [1.29, 1.82) is 0 Å². The highest BCUT2D eigenvalue weighted by molar-refractivity contribution is 5.85. The van der Waals surface area contributed by atoms with Crippen molar-refractivity contribution in [2.24, 2.45) is 11.7 Å². The van der Waals surface area contributed by atoms with Crippen LogP contribution in [-0.2, 0) is 9.59 Å². The zero-order valence-electron chi connectivity index (χ0n) is 10.7. The van der Waals surface area contributed by atoms with Gasteiger partial charge in [-0.25, -0.2) is 4.79 Å². The highest BCUT2D eigenvalue weighted by atomic mass is 16.4. The van der Waals surface area contributed by atoms with Gasteiger partial charge < -0.3 is 15.7 Å². The number of carboxylic acids is 1. The van der Waals surface area contributed by atoms with Gasteiger partial charge in [-0.15, -0.1) is 0 Å². The van der Waals surface area contributed by atoms with E-state index in [4.69, 9.17) is 5.73 Å². The summed E-state index contributed by atoms with van der Waals surface area (Å²) in [6.45, 7) is 0.596. The number of nitrogens with zero attached hydrogens (tertiary/aromatic N) is 1. The number of piperidine rings is 1. The standard InChI is InChI=1S/C13H22N2O3/c14-10-6-4-9(5-7-10)12(16)15-8-2-1-3-11(15)13(17)18/h9-11H,1-8,14H2,(H,17,18)/t9?,10?,11-/m0/s1. The second-order valence-corrected chi connectivity index (χ2v) is 5.49. The van der Waals surface area contributed by atoms with Gasteiger partial charge in [0.25, 0.3) is 0 Å². The van der Waals surface area contributed by atoms with E-state index < -0.39 is 12.0 Å². The molecule has 0 unspecified atom stereocenters. The highest BCUT2D eigenvalue weighted by Crippen LogP contribution is 2.28. The number of amides is 1. The monoisotopic (exact) mass is 254 g/mol. The van der Waals surface area contributed by atoms with Crippen molar-refractivity contribution in [3.8, 4) is 0 Å². The third kappa shape index (κ3) is 2.83. The lowest BCUT2D eigenvalue weighted by Gasteiger charge is -2.37. The number of likely N-dealkylation sites (tertiary alicyclic amines) is 1. The fourth-order valence-corrected chi connectivity index (χ4v) is 3.05. The van der Waals surface area contributed by atoms with Gasteiger partial charge in [0.15, 0.2) is 0 Å². The lowest BCUT2D eigenvalue weighted by molar-refractivity contribution is -0.154. The third-order valence-electron chi connectivity index (χ3n) is 4.19. The summed E-state index contributed by atoms with van der Waals surface area (Å²) in [7, 11) is 0. The van der Waals surface area contributed by atoms with Crippen LogP contribution >= 0.6 is 0 Å². The molecule has 1 amide bonds. The van der Waals surface area contributed by atoms with E-state index >= 15 is 0 Å². The van der Waals surface area contributed by atoms with E-state index in [1.54, 1.807) is 4.90 Å². The molecule has 0 aromatic heterocycles. The Hall–Kier alpha value is -1.10. The molecule has 1 aliphatic carbocycles. The topological polar surface area (TPSA) is 83.6 Å². The molecular formula is C13H22N2O3. The Morgan fingerprint density at radius 2 is 1.72 bits per heavy atom. The van der Waals surface area contributed by atoms with E-state index in [-0.39, 0.29) is 17.9 Å². The minimum atomic E-state index is -0.865. The zero-order valence-corrected chi connectivity index (χ0v) is 10.7. The Morgan fingerprint density at radius 1 is 1.06 bits per heavy atom. The summed E-state index contributed by atoms with van der Waals surface area (Å²) in [5.41, 5.74) is 5.83. The summed E-state index contributed by atoms with van der Waals surface area (Å²) in [5.74, 6) is -0.839. The molecule has 1 aliphatic heterocycles. The molecule has 0 radical (unpaired) electrons. The first-order valence-electron chi connectivity index (χ1n) is 6.88. The summed E-state index contributed by atoms with van der Waals surface area (Å²) < 4.78 is 0. The van der Waals surface area contributed by atoms with E-state index in [1.807, 2.05) is 0 Å². The second-order valence-electron chi connectivity index (χ2n) is 5.49. The molecule has 5 nitrogen and oxygen atoms in total. The van der Waals surface area contributed by atoms with Crippen LogP contribution in [0.15, 0.2) is 0 Å². The van der Waals surface area contributed by atoms with Crippen molar-refractivity contribution in [1.82, 2.24) is 4.90 Å². The SMILES string of the molecule is NC1CCC(C(=O)N2CCCC[C@H]2C(=O)O)CC1. The molecule has 0 aromatic carbocycles. The molecule has 1 heterocycles. The number of hydrogen-bond donors (Lipinski definition) is 2. The molecule has 0 aromatic rings. The van der Waals surface area contributed by atoms with Gasteiger partial charge in [0.2, 0.25) is 5.91 Å². The van der Waals surface area contributed by atoms with Crippen molar-refractivity contribution >= 4 is 11.9 Å². The summed E-state index contributed by atoms with van der Waals surface area (Å²) in [4.78, 5) is 25.2. The number of aliphatic carboxylic acids is 1. The van der Waals surface area contributed by atoms with Crippen molar-refractivity contribution in [2.45, 2.75) is 57.0 Å². The van der Waals surface area contributed by atoms with E-state index in [1.165, 1.54) is 0 Å². The quantitative estimate of drug-likeness (QED) is 0.769. The van der Waals surface area contributed by atoms with Gasteiger partial charge in [-0.05, 0) is 44.9 Å². The number of carboxylic acid groups (broad SMARTS) is 1. The van der Waals surface area contributed by atoms with Gasteiger partial charge in [0.05, 0.1) is 0 Å². The molecule has 2 rings (SSSR count). The number of rotatable bonds is 2. The van der Waals surface area contributed by atoms with Crippen molar-refractivity contribution < 1.29 is 14.7 Å². The lowest BCUT2D eigenvalue weighted by atomic mass is 9.84. The van der Waals surface area contributed by atoms with E-state index in [0.717, 1.165) is 38.5 Å². The van der Waals surface area contributed by atoms with Crippen LogP contribution in [0.2, 0.25) is 0 Å². The average molecular weight is 254 g/mol. The minimum absolute atomic E-state index is 0.00949. The molecule has 3 N–H and O–H groups in total. The molecule has 2 aliphatic rings. The largest absolute Gasteiger partial charge is 0.480 e. The molecule has 18 heavy (non-hydrogen) atoms. The van der Waals surface area contributed by atoms with Gasteiger partial charge in [0.1, 0.15) is 6.04 Å². The Balaban J connectivity index is 2.00. The Bertz CT molecular complexity index is 324. The van der Waals surface area contributed by atoms with E-state index in [2.05, 4.69) is 0 Å². The first-order valence-corrected chi connectivity index (χ1v) is 6.88. The van der Waals surface area contributed by atoms with E-state index in [0.29, 0.717) is 13.0 Å². The maximum Gasteiger partial charge on any atom is 0.326 e. The number of carbonyl (C=O) groups excluding carboxylic acids is 1. The molecule has 1 atom stereocenters. The maximum absolute atomic E-state index is 12.4. The van der Waals surface area contributed by atoms with Gasteiger partial charge >= 0.3 is 5.97 Å². The molecule has 0 bridgehead atoms. The van der Waals surface area contributed by atoms with Crippen LogP contribution in [-0.4, -0.2) is 40.5 Å². The minimum Gasteiger partial charge on any atom is -0.480 e. The van der Waals surface area contributed by atoms with E-state index in [9.17, 15) is 14.7 Å². The van der Waals surface area contributed by atoms with Gasteiger partial charge in [-0.2, -0.15) is 0 Å². The third-order valence-corrected chi connectivity index (χ3v) is 4.19. The summed E-state index contributed by atoms with van der Waals surface area (Å²) >= 11 is 0. The van der Waals surface area contributed by atoms with Gasteiger partial charge in [-0.1, -0.05) is 0 Å². The Morgan fingerprint density at radius 3 is 2.33 bits per heavy atom. The van der Waals surface area contributed by atoms with Crippen LogP contribution < -0.4 is 5.73 Å². The Labute approximate surface area is 107 Å². The molecule has 102 valence electrons. The van der Waals surface area contributed by atoms with Gasteiger partial charge in [0, 0.05) is 18.5 Å². The average Bonchev–Trinajstić information content (AvgIpc) is 2.39. The predicted octanol–water partition coefficient (Wildman–Crippen LogP) is 0.970. The normalized spacial score (nSPS) is 33.2. The van der Waals surface area contributed by atoms with Gasteiger partial charge in [-0.3, -0.25) is 4.79 Å². The van der Waals surface area contributed by atoms with Crippen LogP contribution in [0.1, 0.15) is 44.9 Å². The summed E-state index contributed by atoms with van der Waals surface area (Å²) in [5, 5.41) is 9.18. The van der Waals surface area contributed by atoms with Crippen LogP contribution in [0.25, 0.3) is 0 Å². The molecule has 2 fully saturated rings. The molecule has 0 spiro atoms. The summed E-state index contributed by atoms with van der Waals surface area (Å²) in [6, 6.07) is -0.396. The molecule has 1 saturated heterocycles. The second kappa shape index (κ2) is 5.69. The van der Waals surface area contributed by atoms with Crippen LogP contribution in [0.4, 0.5) is 0 Å². The fraction of sp³-hybridized carbons (Fsp3) is 0.846. The lowest BCUT2D eigenvalue weighted by Crippen LogP contribution is -2.50. The molecule has 5 heteroatoms. The first-order chi connectivity index (χ1) is 8.59. The van der Waals surface area contributed by atoms with Crippen molar-refractivity contribution in [2.75, 3.05) is 6.54 Å². The zero-order chi connectivity index (χ0) is 13.1. The van der Waals surface area contributed by atoms with Crippen molar-refractivity contribution in [3.63, 3.8) is 0 Å². The predicted molar refractivity (Wildman–Crippen MR) is 66.9 cm³/mol. The van der Waals surface area contributed by atoms with Crippen molar-refractivity contribution in [3.05, 3.63) is 0 Å². The summed E-state index contributed by atoms with van der Waals surface area (Å²) in [6.07, 6.45) is 5.78. The fourth-order valence-electron chi connectivity index (χ4n) is 3.05. The smallest absolute Gasteiger partial charge is 0.326 e. The van der Waals surface area contributed by atoms with Crippen LogP contribution in [0.5, 0.6) is 0 Å². The molecule has 1 saturated carbocycles. The number of nitrogens with two attached hydrogens (primary N) is 1. The van der Waals surface area contributed by atoms with Crippen LogP contribution in [0, 0.1) is 5.92 Å².